The maximum absolute atomic E-state index is 11.1. The van der Waals surface area contributed by atoms with Gasteiger partial charge in [-0.2, -0.15) is 0 Å². The summed E-state index contributed by atoms with van der Waals surface area (Å²) in [7, 11) is 0. The Morgan fingerprint density at radius 1 is 1.50 bits per heavy atom. The molecule has 0 aliphatic rings. The molecule has 3 N–H and O–H groups in total. The number of nitrogens with two attached hydrogens (primary N) is 1. The molecule has 1 aromatic carbocycles. The highest BCUT2D eigenvalue weighted by Gasteiger charge is 2.20. The molecule has 1 aromatic rings. The molecule has 0 fully saturated rings. The third kappa shape index (κ3) is 3.74. The van der Waals surface area contributed by atoms with E-state index >= 15 is 0 Å². The molecule has 0 heterocycles. The molecule has 0 bridgehead atoms. The average molecular weight is 251 g/mol. The van der Waals surface area contributed by atoms with Crippen molar-refractivity contribution in [3.05, 3.63) is 29.3 Å². The standard InChI is InChI=1S/C14H21NO3/c1-4-5-12(14(16)17)18-13-8-9(2)6-7-11(13)10(3)15/h6-8,10,12H,4-5,15H2,1-3H3,(H,16,17). The number of carbonyl (C=O) groups is 1. The number of benzene rings is 1. The van der Waals surface area contributed by atoms with Crippen LogP contribution in [0.1, 0.15) is 43.9 Å². The molecule has 0 saturated carbocycles. The number of carboxylic acid groups (broad SMARTS) is 1. The van der Waals surface area contributed by atoms with E-state index in [9.17, 15) is 4.79 Å². The molecule has 0 saturated heterocycles. The number of rotatable bonds is 6. The molecular formula is C14H21NO3. The van der Waals surface area contributed by atoms with Gasteiger partial charge in [0.15, 0.2) is 6.10 Å². The summed E-state index contributed by atoms with van der Waals surface area (Å²) in [6.45, 7) is 5.72. The Bertz CT molecular complexity index is 416. The van der Waals surface area contributed by atoms with Gasteiger partial charge in [-0.3, -0.25) is 0 Å². The van der Waals surface area contributed by atoms with E-state index in [1.807, 2.05) is 39.0 Å². The SMILES string of the molecule is CCCC(Oc1cc(C)ccc1C(C)N)C(=O)O. The Hall–Kier alpha value is -1.55. The number of aliphatic carboxylic acids is 1. The van der Waals surface area contributed by atoms with Crippen molar-refractivity contribution in [3.63, 3.8) is 0 Å². The summed E-state index contributed by atoms with van der Waals surface area (Å²) in [5, 5.41) is 9.11. The smallest absolute Gasteiger partial charge is 0.344 e. The van der Waals surface area contributed by atoms with E-state index in [-0.39, 0.29) is 6.04 Å². The van der Waals surface area contributed by atoms with Crippen LogP contribution in [0.3, 0.4) is 0 Å². The summed E-state index contributed by atoms with van der Waals surface area (Å²) in [6, 6.07) is 5.49. The van der Waals surface area contributed by atoms with Crippen molar-refractivity contribution >= 4 is 5.97 Å². The van der Waals surface area contributed by atoms with E-state index in [2.05, 4.69) is 0 Å². The molecule has 4 nitrogen and oxygen atoms in total. The third-order valence-corrected chi connectivity index (χ3v) is 2.76. The molecule has 1 rings (SSSR count). The van der Waals surface area contributed by atoms with E-state index in [0.29, 0.717) is 12.2 Å². The molecule has 0 spiro atoms. The van der Waals surface area contributed by atoms with Crippen LogP contribution in [0, 0.1) is 6.92 Å². The van der Waals surface area contributed by atoms with Crippen LogP contribution in [0.5, 0.6) is 5.75 Å². The molecule has 0 aromatic heterocycles. The van der Waals surface area contributed by atoms with Gasteiger partial charge in [0.25, 0.3) is 0 Å². The second-order valence-electron chi connectivity index (χ2n) is 4.56. The topological polar surface area (TPSA) is 72.5 Å². The number of carboxylic acids is 1. The minimum absolute atomic E-state index is 0.184. The van der Waals surface area contributed by atoms with Crippen LogP contribution in [0.15, 0.2) is 18.2 Å². The van der Waals surface area contributed by atoms with Gasteiger partial charge in [0.05, 0.1) is 0 Å². The zero-order valence-corrected chi connectivity index (χ0v) is 11.1. The number of hydrogen-bond acceptors (Lipinski definition) is 3. The van der Waals surface area contributed by atoms with Gasteiger partial charge >= 0.3 is 5.97 Å². The zero-order valence-electron chi connectivity index (χ0n) is 11.1. The molecule has 0 aliphatic carbocycles. The van der Waals surface area contributed by atoms with Gasteiger partial charge in [0, 0.05) is 11.6 Å². The van der Waals surface area contributed by atoms with Gasteiger partial charge in [-0.15, -0.1) is 0 Å². The van der Waals surface area contributed by atoms with Crippen LogP contribution in [0.4, 0.5) is 0 Å². The minimum atomic E-state index is -0.936. The fourth-order valence-electron chi connectivity index (χ4n) is 1.77. The maximum atomic E-state index is 11.1. The normalized spacial score (nSPS) is 14.0. The molecule has 0 amide bonds. The highest BCUT2D eigenvalue weighted by Crippen LogP contribution is 2.26. The van der Waals surface area contributed by atoms with Gasteiger partial charge in [-0.1, -0.05) is 25.5 Å². The Morgan fingerprint density at radius 3 is 2.67 bits per heavy atom. The maximum Gasteiger partial charge on any atom is 0.344 e. The average Bonchev–Trinajstić information content (AvgIpc) is 2.28. The number of aryl methyl sites for hydroxylation is 1. The lowest BCUT2D eigenvalue weighted by Gasteiger charge is -2.19. The van der Waals surface area contributed by atoms with Crippen LogP contribution >= 0.6 is 0 Å². The lowest BCUT2D eigenvalue weighted by atomic mass is 10.1. The number of hydrogen-bond donors (Lipinski definition) is 2. The summed E-state index contributed by atoms with van der Waals surface area (Å²) in [4.78, 5) is 11.1. The molecule has 2 atom stereocenters. The molecule has 2 unspecified atom stereocenters. The molecule has 4 heteroatoms. The first-order valence-corrected chi connectivity index (χ1v) is 6.21. The monoisotopic (exact) mass is 251 g/mol. The third-order valence-electron chi connectivity index (χ3n) is 2.76. The van der Waals surface area contributed by atoms with Crippen molar-refractivity contribution in [3.8, 4) is 5.75 Å². The van der Waals surface area contributed by atoms with Crippen molar-refractivity contribution in [2.75, 3.05) is 0 Å². The Balaban J connectivity index is 3.00. The summed E-state index contributed by atoms with van der Waals surface area (Å²) >= 11 is 0. The van der Waals surface area contributed by atoms with Crippen molar-refractivity contribution in [2.24, 2.45) is 5.73 Å². The van der Waals surface area contributed by atoms with E-state index in [1.165, 1.54) is 0 Å². The van der Waals surface area contributed by atoms with Gasteiger partial charge in [0.2, 0.25) is 0 Å². The van der Waals surface area contributed by atoms with Crippen LogP contribution < -0.4 is 10.5 Å². The van der Waals surface area contributed by atoms with Crippen LogP contribution in [0.2, 0.25) is 0 Å². The summed E-state index contributed by atoms with van der Waals surface area (Å²) in [6.07, 6.45) is 0.437. The van der Waals surface area contributed by atoms with E-state index < -0.39 is 12.1 Å². The van der Waals surface area contributed by atoms with Crippen LogP contribution in [-0.2, 0) is 4.79 Å². The first kappa shape index (κ1) is 14.5. The quantitative estimate of drug-likeness (QED) is 0.815. The Labute approximate surface area is 108 Å². The predicted molar refractivity (Wildman–Crippen MR) is 70.7 cm³/mol. The highest BCUT2D eigenvalue weighted by atomic mass is 16.5. The fourth-order valence-corrected chi connectivity index (χ4v) is 1.77. The highest BCUT2D eigenvalue weighted by molar-refractivity contribution is 5.72. The summed E-state index contributed by atoms with van der Waals surface area (Å²) in [5.74, 6) is -0.361. The second-order valence-corrected chi connectivity index (χ2v) is 4.56. The van der Waals surface area contributed by atoms with Crippen molar-refractivity contribution in [1.82, 2.24) is 0 Å². The molecule has 0 aliphatic heterocycles. The van der Waals surface area contributed by atoms with Crippen LogP contribution in [0.25, 0.3) is 0 Å². The molecule has 100 valence electrons. The van der Waals surface area contributed by atoms with Gasteiger partial charge in [-0.05, 0) is 31.9 Å². The van der Waals surface area contributed by atoms with Crippen molar-refractivity contribution in [2.45, 2.75) is 45.8 Å². The number of ether oxygens (including phenoxy) is 1. The van der Waals surface area contributed by atoms with Gasteiger partial charge in [-0.25, -0.2) is 4.79 Å². The fraction of sp³-hybridized carbons (Fsp3) is 0.500. The van der Waals surface area contributed by atoms with Gasteiger partial charge < -0.3 is 15.6 Å². The summed E-state index contributed by atoms with van der Waals surface area (Å²) in [5.41, 5.74) is 7.72. The van der Waals surface area contributed by atoms with E-state index in [1.54, 1.807) is 0 Å². The first-order valence-electron chi connectivity index (χ1n) is 6.21. The largest absolute Gasteiger partial charge is 0.479 e. The summed E-state index contributed by atoms with van der Waals surface area (Å²) < 4.78 is 5.61. The first-order chi connectivity index (χ1) is 8.45. The molecule has 0 radical (unpaired) electrons. The van der Waals surface area contributed by atoms with E-state index in [4.69, 9.17) is 15.6 Å². The van der Waals surface area contributed by atoms with Crippen LogP contribution in [-0.4, -0.2) is 17.2 Å². The zero-order chi connectivity index (χ0) is 13.7. The van der Waals surface area contributed by atoms with E-state index in [0.717, 1.165) is 17.5 Å². The predicted octanol–water partition coefficient (Wildman–Crippen LogP) is 2.65. The second kappa shape index (κ2) is 6.40. The van der Waals surface area contributed by atoms with Gasteiger partial charge in [0.1, 0.15) is 5.75 Å². The Morgan fingerprint density at radius 2 is 2.17 bits per heavy atom. The lowest BCUT2D eigenvalue weighted by molar-refractivity contribution is -0.145. The van der Waals surface area contributed by atoms with Crippen molar-refractivity contribution in [1.29, 1.82) is 0 Å². The Kier molecular flexibility index (Phi) is 5.16. The molecular weight excluding hydrogens is 230 g/mol. The minimum Gasteiger partial charge on any atom is -0.479 e. The molecule has 18 heavy (non-hydrogen) atoms. The lowest BCUT2D eigenvalue weighted by Crippen LogP contribution is -2.27. The van der Waals surface area contributed by atoms with Crippen molar-refractivity contribution < 1.29 is 14.6 Å².